The number of aromatic amines is 1. The van der Waals surface area contributed by atoms with Gasteiger partial charge in [-0.25, -0.2) is 0 Å². The van der Waals surface area contributed by atoms with Crippen molar-refractivity contribution < 1.29 is 9.53 Å². The molecule has 1 aliphatic carbocycles. The number of methoxy groups -OCH3 is 1. The molecule has 4 aliphatic rings. The average molecular weight is 461 g/mol. The van der Waals surface area contributed by atoms with Crippen LogP contribution in [0.5, 0.6) is 5.75 Å². The lowest BCUT2D eigenvalue weighted by atomic mass is 9.68. The molecule has 3 fully saturated rings. The van der Waals surface area contributed by atoms with Gasteiger partial charge in [0.1, 0.15) is 5.75 Å². The Morgan fingerprint density at radius 2 is 2.03 bits per heavy atom. The van der Waals surface area contributed by atoms with E-state index in [2.05, 4.69) is 26.1 Å². The van der Waals surface area contributed by atoms with Crippen LogP contribution in [0, 0.1) is 18.8 Å². The molecule has 6 heteroatoms. The number of fused-ring (bicyclic) bond motifs is 6. The zero-order valence-electron chi connectivity index (χ0n) is 20.4. The van der Waals surface area contributed by atoms with Crippen molar-refractivity contribution in [3.8, 4) is 17.0 Å². The summed E-state index contributed by atoms with van der Waals surface area (Å²) in [6, 6.07) is 8.96. The molecule has 0 spiro atoms. The van der Waals surface area contributed by atoms with Gasteiger partial charge in [-0.15, -0.1) is 0 Å². The quantitative estimate of drug-likeness (QED) is 0.689. The normalized spacial score (nSPS) is 28.6. The van der Waals surface area contributed by atoms with Gasteiger partial charge in [-0.3, -0.25) is 14.8 Å². The number of carbonyl (C=O) groups is 1. The molecule has 2 bridgehead atoms. The predicted octanol–water partition coefficient (Wildman–Crippen LogP) is 4.36. The van der Waals surface area contributed by atoms with E-state index >= 15 is 0 Å². The van der Waals surface area contributed by atoms with Crippen LogP contribution in [0.2, 0.25) is 0 Å². The Bertz CT molecular complexity index is 1090. The largest absolute Gasteiger partial charge is 0.497 e. The number of aryl methyl sites for hydroxylation is 1. The van der Waals surface area contributed by atoms with Crippen molar-refractivity contribution >= 4 is 5.91 Å². The van der Waals surface area contributed by atoms with E-state index in [4.69, 9.17) is 4.74 Å². The minimum absolute atomic E-state index is 0.245. The Balaban J connectivity index is 1.25. The molecule has 3 aliphatic heterocycles. The van der Waals surface area contributed by atoms with Crippen LogP contribution in [0.3, 0.4) is 0 Å². The number of ether oxygens (including phenoxy) is 1. The molecule has 6 rings (SSSR count). The zero-order chi connectivity index (χ0) is 23.2. The minimum atomic E-state index is 0.245. The number of nitrogens with one attached hydrogen (secondary N) is 1. The summed E-state index contributed by atoms with van der Waals surface area (Å²) >= 11 is 0. The highest BCUT2D eigenvalue weighted by molar-refractivity contribution is 5.82. The first-order valence-electron chi connectivity index (χ1n) is 13.0. The highest BCUT2D eigenvalue weighted by atomic mass is 16.5. The molecule has 1 N–H and O–H groups in total. The van der Waals surface area contributed by atoms with Crippen LogP contribution < -0.4 is 4.74 Å². The van der Waals surface area contributed by atoms with Crippen molar-refractivity contribution in [2.24, 2.45) is 11.8 Å². The van der Waals surface area contributed by atoms with Crippen LogP contribution in [-0.4, -0.2) is 64.7 Å². The van der Waals surface area contributed by atoms with E-state index in [9.17, 15) is 4.79 Å². The second-order valence-corrected chi connectivity index (χ2v) is 10.7. The van der Waals surface area contributed by atoms with Crippen molar-refractivity contribution in [1.29, 1.82) is 0 Å². The number of hydrogen-bond donors (Lipinski definition) is 1. The van der Waals surface area contributed by atoms with Crippen LogP contribution >= 0.6 is 0 Å². The number of rotatable bonds is 4. The maximum Gasteiger partial charge on any atom is 0.227 e. The highest BCUT2D eigenvalue weighted by Crippen LogP contribution is 2.45. The molecule has 6 nitrogen and oxygen atoms in total. The van der Waals surface area contributed by atoms with E-state index in [1.807, 2.05) is 31.2 Å². The minimum Gasteiger partial charge on any atom is -0.497 e. The molecule has 2 unspecified atom stereocenters. The molecule has 1 amide bonds. The molecule has 4 heterocycles. The summed E-state index contributed by atoms with van der Waals surface area (Å²) in [5.41, 5.74) is 5.42. The second kappa shape index (κ2) is 8.88. The van der Waals surface area contributed by atoms with E-state index in [0.29, 0.717) is 18.3 Å². The van der Waals surface area contributed by atoms with Gasteiger partial charge in [-0.1, -0.05) is 18.1 Å². The molecule has 2 aromatic rings. The first-order valence-corrected chi connectivity index (χ1v) is 13.0. The lowest BCUT2D eigenvalue weighted by Crippen LogP contribution is -2.60. The zero-order valence-corrected chi connectivity index (χ0v) is 20.4. The summed E-state index contributed by atoms with van der Waals surface area (Å²) in [5, 5.41) is 7.69. The number of amides is 1. The fraction of sp³-hybridized carbons (Fsp3) is 0.571. The number of nitrogens with zero attached hydrogens (tertiary/aromatic N) is 3. The molecule has 0 saturated carbocycles. The Hall–Kier alpha value is -2.60. The number of H-pyrrole nitrogens is 1. The molecule has 34 heavy (non-hydrogen) atoms. The monoisotopic (exact) mass is 460 g/mol. The number of likely N-dealkylation sites (tertiary alicyclic amines) is 1. The number of benzene rings is 1. The van der Waals surface area contributed by atoms with Crippen LogP contribution in [0.15, 0.2) is 35.9 Å². The van der Waals surface area contributed by atoms with E-state index in [1.54, 1.807) is 12.7 Å². The summed E-state index contributed by atoms with van der Waals surface area (Å²) in [6.45, 7) is 5.29. The molecule has 1 aromatic carbocycles. The third-order valence-electron chi connectivity index (χ3n) is 8.74. The Kier molecular flexibility index (Phi) is 5.72. The van der Waals surface area contributed by atoms with Gasteiger partial charge in [0.15, 0.2) is 0 Å². The van der Waals surface area contributed by atoms with Crippen molar-refractivity contribution in [3.05, 3.63) is 47.2 Å². The molecule has 180 valence electrons. The standard InChI is InChI=1S/C28H36N4O2/c1-18-24(27(30-29-18)19-8-10-23(34-2)11-9-19)16-26(33)32-13-5-6-20-14-21-15-22(28(20)32)17-31-12-4-3-7-25(21)31/h8-11,14,21-22,25,28H,3-7,12-13,15-17H2,1-2H3,(H,29,30)/t21-,22-,25?,28?/m0/s1. The third-order valence-corrected chi connectivity index (χ3v) is 8.74. The van der Waals surface area contributed by atoms with Crippen molar-refractivity contribution in [2.45, 2.75) is 64.0 Å². The number of carbonyl (C=O) groups excluding carboxylic acids is 1. The lowest BCUT2D eigenvalue weighted by molar-refractivity contribution is -0.135. The summed E-state index contributed by atoms with van der Waals surface area (Å²) in [6.07, 6.45) is 10.5. The van der Waals surface area contributed by atoms with Gasteiger partial charge in [0.25, 0.3) is 0 Å². The molecular weight excluding hydrogens is 424 g/mol. The molecule has 1 aromatic heterocycles. The van der Waals surface area contributed by atoms with Crippen LogP contribution in [0.1, 0.15) is 49.8 Å². The van der Waals surface area contributed by atoms with Crippen molar-refractivity contribution in [2.75, 3.05) is 26.7 Å². The lowest BCUT2D eigenvalue weighted by Gasteiger charge is -2.54. The van der Waals surface area contributed by atoms with Gasteiger partial charge in [-0.05, 0) is 81.7 Å². The van der Waals surface area contributed by atoms with Gasteiger partial charge in [0.05, 0.1) is 25.3 Å². The Morgan fingerprint density at radius 1 is 1.18 bits per heavy atom. The molecule has 0 radical (unpaired) electrons. The van der Waals surface area contributed by atoms with Gasteiger partial charge in [0.2, 0.25) is 5.91 Å². The van der Waals surface area contributed by atoms with Crippen LogP contribution in [0.4, 0.5) is 0 Å². The summed E-state index contributed by atoms with van der Waals surface area (Å²) in [7, 11) is 1.67. The van der Waals surface area contributed by atoms with Crippen LogP contribution in [0.25, 0.3) is 11.3 Å². The maximum absolute atomic E-state index is 13.8. The van der Waals surface area contributed by atoms with E-state index < -0.39 is 0 Å². The number of piperidine rings is 3. The van der Waals surface area contributed by atoms with Gasteiger partial charge < -0.3 is 9.64 Å². The van der Waals surface area contributed by atoms with E-state index in [1.165, 1.54) is 32.2 Å². The van der Waals surface area contributed by atoms with Crippen LogP contribution in [-0.2, 0) is 11.2 Å². The highest BCUT2D eigenvalue weighted by Gasteiger charge is 2.46. The fourth-order valence-corrected chi connectivity index (χ4v) is 7.16. The number of aromatic nitrogens is 2. The Labute approximate surface area is 202 Å². The van der Waals surface area contributed by atoms with Gasteiger partial charge in [-0.2, -0.15) is 5.10 Å². The van der Waals surface area contributed by atoms with Gasteiger partial charge in [0, 0.05) is 36.0 Å². The van der Waals surface area contributed by atoms with E-state index in [-0.39, 0.29) is 11.9 Å². The van der Waals surface area contributed by atoms with Crippen molar-refractivity contribution in [1.82, 2.24) is 20.0 Å². The first-order chi connectivity index (χ1) is 16.6. The molecule has 4 atom stereocenters. The smallest absolute Gasteiger partial charge is 0.227 e. The third kappa shape index (κ3) is 3.76. The SMILES string of the molecule is COc1ccc(-c2n[nH]c(C)c2CC(=O)N2CCCC3=C[C@H]4C[C@@H](CN5CCCCC45)C32)cc1. The molecule has 3 saturated heterocycles. The molecular formula is C28H36N4O2. The fourth-order valence-electron chi connectivity index (χ4n) is 7.16. The summed E-state index contributed by atoms with van der Waals surface area (Å²) in [4.78, 5) is 18.8. The Morgan fingerprint density at radius 3 is 2.85 bits per heavy atom. The second-order valence-electron chi connectivity index (χ2n) is 10.7. The number of hydrogen-bond acceptors (Lipinski definition) is 4. The topological polar surface area (TPSA) is 61.5 Å². The summed E-state index contributed by atoms with van der Waals surface area (Å²) < 4.78 is 5.30. The first kappa shape index (κ1) is 21.9. The summed E-state index contributed by atoms with van der Waals surface area (Å²) in [5.74, 6) is 2.34. The van der Waals surface area contributed by atoms with Crippen molar-refractivity contribution in [3.63, 3.8) is 0 Å². The van der Waals surface area contributed by atoms with E-state index in [0.717, 1.165) is 60.2 Å². The average Bonchev–Trinajstić information content (AvgIpc) is 3.23. The van der Waals surface area contributed by atoms with Gasteiger partial charge >= 0.3 is 0 Å². The maximum atomic E-state index is 13.8. The predicted molar refractivity (Wildman–Crippen MR) is 133 cm³/mol.